The molecule has 0 saturated heterocycles. The zero-order valence-corrected chi connectivity index (χ0v) is 10.0. The van der Waals surface area contributed by atoms with E-state index >= 15 is 0 Å². The van der Waals surface area contributed by atoms with Crippen LogP contribution in [0, 0.1) is 0 Å². The summed E-state index contributed by atoms with van der Waals surface area (Å²) in [7, 11) is 0. The second-order valence-corrected chi connectivity index (χ2v) is 4.19. The lowest BCUT2D eigenvalue weighted by atomic mass is 10.1. The zero-order valence-electron chi connectivity index (χ0n) is 9.26. The molecular formula is C12H10ClNO4. The van der Waals surface area contributed by atoms with Crippen molar-refractivity contribution in [1.82, 2.24) is 4.57 Å². The molecule has 0 saturated carbocycles. The molecule has 6 heteroatoms. The number of hydrogen-bond acceptors (Lipinski definition) is 3. The van der Waals surface area contributed by atoms with Crippen molar-refractivity contribution in [2.75, 3.05) is 6.61 Å². The summed E-state index contributed by atoms with van der Waals surface area (Å²) in [5, 5.41) is 18.5. The Hall–Kier alpha value is -1.85. The molecule has 0 aliphatic heterocycles. The van der Waals surface area contributed by atoms with E-state index in [1.54, 1.807) is 12.1 Å². The maximum Gasteiger partial charge on any atom is 0.341 e. The van der Waals surface area contributed by atoms with Gasteiger partial charge in [-0.25, -0.2) is 4.79 Å². The lowest BCUT2D eigenvalue weighted by Gasteiger charge is -2.10. The van der Waals surface area contributed by atoms with Crippen LogP contribution >= 0.6 is 11.6 Å². The van der Waals surface area contributed by atoms with Gasteiger partial charge in [0.1, 0.15) is 5.56 Å². The van der Waals surface area contributed by atoms with Crippen LogP contribution in [0.3, 0.4) is 0 Å². The first-order valence-electron chi connectivity index (χ1n) is 5.21. The number of benzene rings is 1. The summed E-state index contributed by atoms with van der Waals surface area (Å²) < 4.78 is 1.52. The fraction of sp³-hybridized carbons (Fsp3) is 0.167. The quantitative estimate of drug-likeness (QED) is 0.880. The standard InChI is InChI=1S/C12H10ClNO4/c13-7-1-2-10-8(5-7)11(16)9(12(17)18)6-14(10)3-4-15/h1-2,5-6,15H,3-4H2,(H,17,18). The SMILES string of the molecule is O=C(O)c1cn(CCO)c2ccc(Cl)cc2c1=O. The number of carboxylic acids is 1. The third-order valence-electron chi connectivity index (χ3n) is 2.61. The van der Waals surface area contributed by atoms with E-state index in [0.717, 1.165) is 0 Å². The molecular weight excluding hydrogens is 258 g/mol. The fourth-order valence-electron chi connectivity index (χ4n) is 1.81. The van der Waals surface area contributed by atoms with E-state index in [2.05, 4.69) is 0 Å². The molecule has 0 fully saturated rings. The molecule has 2 aromatic rings. The van der Waals surface area contributed by atoms with E-state index in [4.69, 9.17) is 21.8 Å². The van der Waals surface area contributed by atoms with Gasteiger partial charge in [-0.3, -0.25) is 4.79 Å². The van der Waals surface area contributed by atoms with Crippen LogP contribution in [0.15, 0.2) is 29.2 Å². The fourth-order valence-corrected chi connectivity index (χ4v) is 1.99. The molecule has 18 heavy (non-hydrogen) atoms. The van der Waals surface area contributed by atoms with E-state index in [-0.39, 0.29) is 24.1 Å². The molecule has 0 atom stereocenters. The molecule has 0 unspecified atom stereocenters. The second kappa shape index (κ2) is 4.80. The van der Waals surface area contributed by atoms with Gasteiger partial charge in [-0.1, -0.05) is 11.6 Å². The molecule has 0 aliphatic rings. The van der Waals surface area contributed by atoms with Crippen molar-refractivity contribution in [3.63, 3.8) is 0 Å². The molecule has 0 bridgehead atoms. The summed E-state index contributed by atoms with van der Waals surface area (Å²) in [5.41, 5.74) is -0.365. The Morgan fingerprint density at radius 3 is 2.72 bits per heavy atom. The average Bonchev–Trinajstić information content (AvgIpc) is 2.32. The third-order valence-corrected chi connectivity index (χ3v) is 2.85. The van der Waals surface area contributed by atoms with Gasteiger partial charge in [0.15, 0.2) is 0 Å². The molecule has 1 aromatic carbocycles. The third kappa shape index (κ3) is 2.10. The van der Waals surface area contributed by atoms with Crippen LogP contribution in [0.4, 0.5) is 0 Å². The van der Waals surface area contributed by atoms with Crippen molar-refractivity contribution in [2.24, 2.45) is 0 Å². The first-order chi connectivity index (χ1) is 8.54. The lowest BCUT2D eigenvalue weighted by Crippen LogP contribution is -2.19. The van der Waals surface area contributed by atoms with Gasteiger partial charge in [0.2, 0.25) is 5.43 Å². The van der Waals surface area contributed by atoms with Gasteiger partial charge < -0.3 is 14.8 Å². The smallest absolute Gasteiger partial charge is 0.341 e. The summed E-state index contributed by atoms with van der Waals surface area (Å²) in [4.78, 5) is 23.0. The molecule has 0 spiro atoms. The van der Waals surface area contributed by atoms with Crippen LogP contribution in [0.1, 0.15) is 10.4 Å². The number of aromatic carboxylic acids is 1. The van der Waals surface area contributed by atoms with Crippen molar-refractivity contribution in [1.29, 1.82) is 0 Å². The molecule has 0 aliphatic carbocycles. The van der Waals surface area contributed by atoms with Gasteiger partial charge in [0.25, 0.3) is 0 Å². The van der Waals surface area contributed by atoms with E-state index < -0.39 is 11.4 Å². The Morgan fingerprint density at radius 1 is 1.39 bits per heavy atom. The van der Waals surface area contributed by atoms with Gasteiger partial charge in [0.05, 0.1) is 12.1 Å². The first-order valence-corrected chi connectivity index (χ1v) is 5.59. The Balaban J connectivity index is 2.87. The largest absolute Gasteiger partial charge is 0.477 e. The number of halogens is 1. The highest BCUT2D eigenvalue weighted by atomic mass is 35.5. The lowest BCUT2D eigenvalue weighted by molar-refractivity contribution is 0.0694. The van der Waals surface area contributed by atoms with Crippen molar-refractivity contribution in [3.05, 3.63) is 45.2 Å². The van der Waals surface area contributed by atoms with E-state index in [9.17, 15) is 9.59 Å². The van der Waals surface area contributed by atoms with E-state index in [0.29, 0.717) is 10.5 Å². The maximum absolute atomic E-state index is 12.0. The molecule has 5 nitrogen and oxygen atoms in total. The Morgan fingerprint density at radius 2 is 2.11 bits per heavy atom. The van der Waals surface area contributed by atoms with Crippen LogP contribution < -0.4 is 5.43 Å². The number of hydrogen-bond donors (Lipinski definition) is 2. The molecule has 1 heterocycles. The summed E-state index contributed by atoms with van der Waals surface area (Å²) in [5.74, 6) is -1.30. The summed E-state index contributed by atoms with van der Waals surface area (Å²) in [6.07, 6.45) is 1.23. The number of aliphatic hydroxyl groups excluding tert-OH is 1. The highest BCUT2D eigenvalue weighted by Crippen LogP contribution is 2.17. The number of carboxylic acid groups (broad SMARTS) is 1. The molecule has 0 radical (unpaired) electrons. The monoisotopic (exact) mass is 267 g/mol. The summed E-state index contributed by atoms with van der Waals surface area (Å²) in [6.45, 7) is 0.0539. The summed E-state index contributed by atoms with van der Waals surface area (Å²) in [6, 6.07) is 4.66. The Kier molecular flexibility index (Phi) is 3.36. The predicted octanol–water partition coefficient (Wildman–Crippen LogP) is 1.35. The number of fused-ring (bicyclic) bond motifs is 1. The van der Waals surface area contributed by atoms with E-state index in [1.165, 1.54) is 16.8 Å². The number of pyridine rings is 1. The molecule has 2 rings (SSSR count). The topological polar surface area (TPSA) is 79.5 Å². The maximum atomic E-state index is 12.0. The number of aliphatic hydroxyl groups is 1. The van der Waals surface area contributed by atoms with Gasteiger partial charge >= 0.3 is 5.97 Å². The van der Waals surface area contributed by atoms with Crippen molar-refractivity contribution < 1.29 is 15.0 Å². The Labute approximate surface area is 107 Å². The predicted molar refractivity (Wildman–Crippen MR) is 67.3 cm³/mol. The minimum atomic E-state index is -1.30. The average molecular weight is 268 g/mol. The number of carbonyl (C=O) groups is 1. The summed E-state index contributed by atoms with van der Waals surface area (Å²) >= 11 is 5.81. The molecule has 1 aromatic heterocycles. The highest BCUT2D eigenvalue weighted by Gasteiger charge is 2.14. The van der Waals surface area contributed by atoms with Gasteiger partial charge in [-0.05, 0) is 18.2 Å². The van der Waals surface area contributed by atoms with Gasteiger partial charge in [-0.15, -0.1) is 0 Å². The van der Waals surface area contributed by atoms with Crippen LogP contribution in [0.25, 0.3) is 10.9 Å². The van der Waals surface area contributed by atoms with Crippen molar-refractivity contribution >= 4 is 28.5 Å². The number of rotatable bonds is 3. The molecule has 2 N–H and O–H groups in total. The molecule has 94 valence electrons. The van der Waals surface area contributed by atoms with Crippen LogP contribution in [-0.2, 0) is 6.54 Å². The van der Waals surface area contributed by atoms with Crippen LogP contribution in [0.5, 0.6) is 0 Å². The van der Waals surface area contributed by atoms with Crippen molar-refractivity contribution in [3.8, 4) is 0 Å². The van der Waals surface area contributed by atoms with Gasteiger partial charge in [0, 0.05) is 23.2 Å². The zero-order chi connectivity index (χ0) is 13.3. The highest BCUT2D eigenvalue weighted by molar-refractivity contribution is 6.31. The van der Waals surface area contributed by atoms with Crippen LogP contribution in [0.2, 0.25) is 5.02 Å². The van der Waals surface area contributed by atoms with Gasteiger partial charge in [-0.2, -0.15) is 0 Å². The van der Waals surface area contributed by atoms with Crippen LogP contribution in [-0.4, -0.2) is 27.4 Å². The minimum Gasteiger partial charge on any atom is -0.477 e. The first kappa shape index (κ1) is 12.6. The molecule has 0 amide bonds. The normalized spacial score (nSPS) is 10.8. The van der Waals surface area contributed by atoms with E-state index in [1.807, 2.05) is 0 Å². The van der Waals surface area contributed by atoms with Crippen molar-refractivity contribution in [2.45, 2.75) is 6.54 Å². The number of aromatic nitrogens is 1. The Bertz CT molecular complexity index is 678. The minimum absolute atomic E-state index is 0.153. The second-order valence-electron chi connectivity index (χ2n) is 3.76. The number of nitrogens with zero attached hydrogens (tertiary/aromatic N) is 1.